The van der Waals surface area contributed by atoms with Gasteiger partial charge in [0, 0.05) is 57.9 Å². The van der Waals surface area contributed by atoms with Gasteiger partial charge >= 0.3 is 12.2 Å². The van der Waals surface area contributed by atoms with Gasteiger partial charge in [0.1, 0.15) is 5.60 Å². The number of ether oxygens (including phenoxy) is 1. The molecule has 31 heavy (non-hydrogen) atoms. The van der Waals surface area contributed by atoms with E-state index in [1.54, 1.807) is 9.80 Å². The lowest BCUT2D eigenvalue weighted by Crippen LogP contribution is -2.72. The quantitative estimate of drug-likeness (QED) is 0.789. The SMILES string of the molecule is CC(C)(C)OC(=O)N1CC(N2CCN(C3CN(C(=O)O)C3Cc3ccccc3)CC2)C1. The first-order valence-electron chi connectivity index (χ1n) is 11.2. The van der Waals surface area contributed by atoms with Crippen molar-refractivity contribution in [2.45, 2.75) is 50.9 Å². The molecule has 170 valence electrons. The van der Waals surface area contributed by atoms with E-state index in [0.717, 1.165) is 45.7 Å². The Kier molecular flexibility index (Phi) is 6.12. The third-order valence-electron chi connectivity index (χ3n) is 6.61. The second-order valence-electron chi connectivity index (χ2n) is 9.87. The lowest BCUT2D eigenvalue weighted by atomic mass is 9.88. The summed E-state index contributed by atoms with van der Waals surface area (Å²) in [6.45, 7) is 11.5. The maximum Gasteiger partial charge on any atom is 0.410 e. The van der Waals surface area contributed by atoms with Crippen LogP contribution in [0.4, 0.5) is 9.59 Å². The Morgan fingerprint density at radius 2 is 1.61 bits per heavy atom. The fourth-order valence-electron chi connectivity index (χ4n) is 4.80. The zero-order valence-corrected chi connectivity index (χ0v) is 18.7. The molecule has 3 aliphatic rings. The number of carbonyl (C=O) groups excluding carboxylic acids is 1. The molecule has 8 heteroatoms. The van der Waals surface area contributed by atoms with Gasteiger partial charge in [0.05, 0.1) is 6.04 Å². The van der Waals surface area contributed by atoms with Gasteiger partial charge in [-0.2, -0.15) is 0 Å². The van der Waals surface area contributed by atoms with Crippen LogP contribution in [-0.2, 0) is 11.2 Å². The molecule has 3 heterocycles. The van der Waals surface area contributed by atoms with E-state index in [9.17, 15) is 14.7 Å². The Labute approximate surface area is 184 Å². The van der Waals surface area contributed by atoms with Crippen molar-refractivity contribution in [2.75, 3.05) is 45.8 Å². The van der Waals surface area contributed by atoms with E-state index >= 15 is 0 Å². The summed E-state index contributed by atoms with van der Waals surface area (Å²) >= 11 is 0. The lowest BCUT2D eigenvalue weighted by Gasteiger charge is -2.54. The number of hydrogen-bond donors (Lipinski definition) is 1. The van der Waals surface area contributed by atoms with E-state index in [1.807, 2.05) is 39.0 Å². The largest absolute Gasteiger partial charge is 0.465 e. The smallest absolute Gasteiger partial charge is 0.410 e. The molecule has 3 fully saturated rings. The molecule has 0 aliphatic carbocycles. The van der Waals surface area contributed by atoms with Crippen LogP contribution in [0.2, 0.25) is 0 Å². The molecule has 1 N–H and O–H groups in total. The van der Waals surface area contributed by atoms with Crippen molar-refractivity contribution in [1.29, 1.82) is 0 Å². The molecule has 3 aliphatic heterocycles. The number of carbonyl (C=O) groups is 2. The van der Waals surface area contributed by atoms with E-state index < -0.39 is 11.7 Å². The van der Waals surface area contributed by atoms with Crippen LogP contribution in [0.5, 0.6) is 0 Å². The predicted octanol–water partition coefficient (Wildman–Crippen LogP) is 2.20. The van der Waals surface area contributed by atoms with E-state index in [-0.39, 0.29) is 18.2 Å². The summed E-state index contributed by atoms with van der Waals surface area (Å²) in [4.78, 5) is 32.0. The first-order valence-corrected chi connectivity index (χ1v) is 11.2. The van der Waals surface area contributed by atoms with E-state index in [2.05, 4.69) is 21.9 Å². The number of nitrogens with zero attached hydrogens (tertiary/aromatic N) is 4. The van der Waals surface area contributed by atoms with Gasteiger partial charge in [0.2, 0.25) is 0 Å². The van der Waals surface area contributed by atoms with Crippen molar-refractivity contribution in [3.05, 3.63) is 35.9 Å². The molecule has 0 bridgehead atoms. The average molecular weight is 431 g/mol. The van der Waals surface area contributed by atoms with Gasteiger partial charge in [0.25, 0.3) is 0 Å². The minimum absolute atomic E-state index is 0.0119. The fraction of sp³-hybridized carbons (Fsp3) is 0.652. The fourth-order valence-corrected chi connectivity index (χ4v) is 4.80. The molecular weight excluding hydrogens is 396 g/mol. The van der Waals surface area contributed by atoms with Gasteiger partial charge < -0.3 is 19.6 Å². The van der Waals surface area contributed by atoms with E-state index in [1.165, 1.54) is 5.56 Å². The maximum atomic E-state index is 12.2. The zero-order valence-electron chi connectivity index (χ0n) is 18.7. The molecule has 0 aromatic heterocycles. The molecule has 3 saturated heterocycles. The highest BCUT2D eigenvalue weighted by atomic mass is 16.6. The van der Waals surface area contributed by atoms with Crippen LogP contribution in [0.3, 0.4) is 0 Å². The van der Waals surface area contributed by atoms with Crippen LogP contribution in [0, 0.1) is 0 Å². The summed E-state index contributed by atoms with van der Waals surface area (Å²) in [5, 5.41) is 9.55. The standard InChI is InChI=1S/C23H34N4O4/c1-23(2,3)31-22(30)26-14-18(15-26)24-9-11-25(12-10-24)20-16-27(21(28)29)19(20)13-17-7-5-4-6-8-17/h4-8,18-20H,9-16H2,1-3H3,(H,28,29). The Balaban J connectivity index is 1.26. The van der Waals surface area contributed by atoms with Crippen LogP contribution in [0.15, 0.2) is 30.3 Å². The Hall–Kier alpha value is -2.32. The Morgan fingerprint density at radius 1 is 1.00 bits per heavy atom. The van der Waals surface area contributed by atoms with Gasteiger partial charge in [-0.15, -0.1) is 0 Å². The van der Waals surface area contributed by atoms with Gasteiger partial charge in [0.15, 0.2) is 0 Å². The molecule has 0 radical (unpaired) electrons. The van der Waals surface area contributed by atoms with Gasteiger partial charge in [-0.25, -0.2) is 9.59 Å². The number of benzene rings is 1. The molecule has 0 spiro atoms. The van der Waals surface area contributed by atoms with Gasteiger partial charge in [-0.1, -0.05) is 30.3 Å². The molecular formula is C23H34N4O4. The monoisotopic (exact) mass is 430 g/mol. The number of hydrogen-bond acceptors (Lipinski definition) is 5. The first-order chi connectivity index (χ1) is 14.7. The van der Waals surface area contributed by atoms with Crippen LogP contribution in [-0.4, -0.2) is 106 Å². The number of piperazine rings is 1. The summed E-state index contributed by atoms with van der Waals surface area (Å²) in [5.41, 5.74) is 0.718. The summed E-state index contributed by atoms with van der Waals surface area (Å²) < 4.78 is 5.45. The van der Waals surface area contributed by atoms with Crippen LogP contribution in [0.25, 0.3) is 0 Å². The van der Waals surface area contributed by atoms with Crippen LogP contribution < -0.4 is 0 Å². The van der Waals surface area contributed by atoms with E-state index in [4.69, 9.17) is 4.74 Å². The third-order valence-corrected chi connectivity index (χ3v) is 6.61. The second kappa shape index (κ2) is 8.67. The highest BCUT2D eigenvalue weighted by Gasteiger charge is 2.46. The first kappa shape index (κ1) is 21.9. The molecule has 8 nitrogen and oxygen atoms in total. The van der Waals surface area contributed by atoms with Gasteiger partial charge in [-0.05, 0) is 32.8 Å². The maximum absolute atomic E-state index is 12.2. The number of carboxylic acid groups (broad SMARTS) is 1. The summed E-state index contributed by atoms with van der Waals surface area (Å²) in [7, 11) is 0. The molecule has 1 aromatic carbocycles. The van der Waals surface area contributed by atoms with Crippen LogP contribution >= 0.6 is 0 Å². The molecule has 2 atom stereocenters. The number of likely N-dealkylation sites (tertiary alicyclic amines) is 2. The normalized spacial score (nSPS) is 25.6. The van der Waals surface area contributed by atoms with Crippen molar-refractivity contribution >= 4 is 12.2 Å². The highest BCUT2D eigenvalue weighted by Crippen LogP contribution is 2.29. The molecule has 1 aromatic rings. The van der Waals surface area contributed by atoms with Crippen molar-refractivity contribution in [3.63, 3.8) is 0 Å². The summed E-state index contributed by atoms with van der Waals surface area (Å²) in [6, 6.07) is 10.8. The minimum atomic E-state index is -0.826. The Morgan fingerprint density at radius 3 is 2.19 bits per heavy atom. The highest BCUT2D eigenvalue weighted by molar-refractivity contribution is 5.69. The van der Waals surface area contributed by atoms with Crippen molar-refractivity contribution in [2.24, 2.45) is 0 Å². The van der Waals surface area contributed by atoms with Crippen molar-refractivity contribution in [3.8, 4) is 0 Å². The van der Waals surface area contributed by atoms with Crippen LogP contribution in [0.1, 0.15) is 26.3 Å². The number of amides is 2. The van der Waals surface area contributed by atoms with Crippen molar-refractivity contribution < 1.29 is 19.4 Å². The Bertz CT molecular complexity index is 783. The molecule has 0 saturated carbocycles. The van der Waals surface area contributed by atoms with E-state index in [0.29, 0.717) is 12.6 Å². The van der Waals surface area contributed by atoms with Gasteiger partial charge in [-0.3, -0.25) is 9.80 Å². The van der Waals surface area contributed by atoms with Crippen molar-refractivity contribution in [1.82, 2.24) is 19.6 Å². The number of rotatable bonds is 4. The summed E-state index contributed by atoms with van der Waals surface area (Å²) in [5.74, 6) is 0. The third kappa shape index (κ3) is 4.96. The summed E-state index contributed by atoms with van der Waals surface area (Å²) in [6.07, 6.45) is -0.298. The average Bonchev–Trinajstić information content (AvgIpc) is 2.64. The second-order valence-corrected chi connectivity index (χ2v) is 9.87. The topological polar surface area (TPSA) is 76.6 Å². The molecule has 2 unspecified atom stereocenters. The zero-order chi connectivity index (χ0) is 22.2. The molecule has 4 rings (SSSR count). The lowest BCUT2D eigenvalue weighted by molar-refractivity contribution is -0.0565. The molecule has 2 amide bonds. The minimum Gasteiger partial charge on any atom is -0.465 e. The predicted molar refractivity (Wildman–Crippen MR) is 117 cm³/mol.